The van der Waals surface area contributed by atoms with Crippen LogP contribution in [0.3, 0.4) is 0 Å². The van der Waals surface area contributed by atoms with Crippen LogP contribution in [0.5, 0.6) is 0 Å². The van der Waals surface area contributed by atoms with Crippen molar-refractivity contribution in [2.24, 2.45) is 5.73 Å². The second kappa shape index (κ2) is 5.96. The minimum atomic E-state index is -0.227. The van der Waals surface area contributed by atoms with Crippen molar-refractivity contribution in [1.82, 2.24) is 4.98 Å². The van der Waals surface area contributed by atoms with Crippen LogP contribution in [0, 0.1) is 0 Å². The zero-order valence-electron chi connectivity index (χ0n) is 11.9. The molecule has 1 heterocycles. The Bertz CT molecular complexity index is 766. The summed E-state index contributed by atoms with van der Waals surface area (Å²) in [5.41, 5.74) is 10.6. The Balaban J connectivity index is 2.03. The smallest absolute Gasteiger partial charge is 0.0765 e. The molecule has 2 aromatic carbocycles. The molecular formula is C18H17BrN2. The largest absolute Gasteiger partial charge is 0.319 e. The lowest BCUT2D eigenvalue weighted by molar-refractivity contribution is 0.828. The van der Waals surface area contributed by atoms with E-state index in [0.717, 1.165) is 33.1 Å². The van der Waals surface area contributed by atoms with Crippen LogP contribution in [0.2, 0.25) is 0 Å². The summed E-state index contributed by atoms with van der Waals surface area (Å²) in [5, 5.41) is 1.11. The molecule has 0 saturated carbocycles. The first-order chi connectivity index (χ1) is 10.2. The van der Waals surface area contributed by atoms with E-state index in [2.05, 4.69) is 59.3 Å². The van der Waals surface area contributed by atoms with Gasteiger partial charge in [0.1, 0.15) is 0 Å². The second-order valence-corrected chi connectivity index (χ2v) is 5.98. The normalized spacial score (nSPS) is 12.5. The number of para-hydroxylation sites is 1. The van der Waals surface area contributed by atoms with Gasteiger partial charge in [-0.25, -0.2) is 4.98 Å². The first-order valence-electron chi connectivity index (χ1n) is 7.08. The fourth-order valence-corrected chi connectivity index (χ4v) is 3.02. The molecule has 3 heteroatoms. The van der Waals surface area contributed by atoms with Crippen LogP contribution in [0.1, 0.15) is 29.8 Å². The van der Waals surface area contributed by atoms with E-state index in [1.54, 1.807) is 0 Å². The van der Waals surface area contributed by atoms with Crippen LogP contribution in [0.25, 0.3) is 10.9 Å². The predicted molar refractivity (Wildman–Crippen MR) is 91.3 cm³/mol. The first-order valence-corrected chi connectivity index (χ1v) is 7.88. The molecule has 2 N–H and O–H groups in total. The van der Waals surface area contributed by atoms with Gasteiger partial charge < -0.3 is 5.73 Å². The van der Waals surface area contributed by atoms with Crippen molar-refractivity contribution < 1.29 is 0 Å². The second-order valence-electron chi connectivity index (χ2n) is 5.12. The number of nitrogens with two attached hydrogens (primary N) is 1. The zero-order valence-corrected chi connectivity index (χ0v) is 13.5. The average Bonchev–Trinajstić information content (AvgIpc) is 2.53. The molecule has 0 radical (unpaired) electrons. The third-order valence-electron chi connectivity index (χ3n) is 3.75. The standard InChI is InChI=1S/C18H17BrN2/c1-2-12-7-9-13(10-8-12)17(20)18-15(19)11-14-5-3-4-6-16(14)21-18/h3-11,17H,2,20H2,1H3. The lowest BCUT2D eigenvalue weighted by Crippen LogP contribution is -2.14. The van der Waals surface area contributed by atoms with Crippen molar-refractivity contribution in [3.63, 3.8) is 0 Å². The van der Waals surface area contributed by atoms with Crippen molar-refractivity contribution in [3.8, 4) is 0 Å². The molecule has 3 rings (SSSR count). The van der Waals surface area contributed by atoms with Gasteiger partial charge in [-0.2, -0.15) is 0 Å². The molecule has 1 atom stereocenters. The van der Waals surface area contributed by atoms with Crippen LogP contribution in [0.4, 0.5) is 0 Å². The van der Waals surface area contributed by atoms with Crippen LogP contribution in [0.15, 0.2) is 59.1 Å². The quantitative estimate of drug-likeness (QED) is 0.756. The highest BCUT2D eigenvalue weighted by Gasteiger charge is 2.15. The molecule has 0 spiro atoms. The van der Waals surface area contributed by atoms with Crippen molar-refractivity contribution in [2.45, 2.75) is 19.4 Å². The number of hydrogen-bond donors (Lipinski definition) is 1. The zero-order chi connectivity index (χ0) is 14.8. The maximum atomic E-state index is 6.41. The van der Waals surface area contributed by atoms with E-state index >= 15 is 0 Å². The van der Waals surface area contributed by atoms with Crippen LogP contribution in [-0.2, 0) is 6.42 Å². The summed E-state index contributed by atoms with van der Waals surface area (Å²) >= 11 is 3.60. The number of aromatic nitrogens is 1. The van der Waals surface area contributed by atoms with E-state index in [4.69, 9.17) is 10.7 Å². The molecule has 1 unspecified atom stereocenters. The Kier molecular flexibility index (Phi) is 4.04. The van der Waals surface area contributed by atoms with E-state index in [9.17, 15) is 0 Å². The van der Waals surface area contributed by atoms with Crippen molar-refractivity contribution in [2.75, 3.05) is 0 Å². The summed E-state index contributed by atoms with van der Waals surface area (Å²) in [7, 11) is 0. The fraction of sp³-hybridized carbons (Fsp3) is 0.167. The number of benzene rings is 2. The Hall–Kier alpha value is -1.71. The Morgan fingerprint density at radius 3 is 2.52 bits per heavy atom. The molecule has 3 aromatic rings. The minimum absolute atomic E-state index is 0.227. The van der Waals surface area contributed by atoms with Gasteiger partial charge in [0.25, 0.3) is 0 Å². The summed E-state index contributed by atoms with van der Waals surface area (Å²) in [6.45, 7) is 2.15. The molecule has 0 amide bonds. The number of hydrogen-bond acceptors (Lipinski definition) is 2. The maximum absolute atomic E-state index is 6.41. The maximum Gasteiger partial charge on any atom is 0.0765 e. The third-order valence-corrected chi connectivity index (χ3v) is 4.38. The molecule has 21 heavy (non-hydrogen) atoms. The summed E-state index contributed by atoms with van der Waals surface area (Å²) in [5.74, 6) is 0. The highest BCUT2D eigenvalue weighted by Crippen LogP contribution is 2.28. The predicted octanol–water partition coefficient (Wildman–Crippen LogP) is 4.61. The molecule has 0 bridgehead atoms. The summed E-state index contributed by atoms with van der Waals surface area (Å²) in [4.78, 5) is 4.72. The number of halogens is 1. The Morgan fingerprint density at radius 2 is 1.81 bits per heavy atom. The van der Waals surface area contributed by atoms with Gasteiger partial charge in [0.05, 0.1) is 17.3 Å². The number of nitrogens with zero attached hydrogens (tertiary/aromatic N) is 1. The molecule has 0 saturated heterocycles. The molecule has 0 aliphatic rings. The van der Waals surface area contributed by atoms with Gasteiger partial charge in [-0.3, -0.25) is 0 Å². The lowest BCUT2D eigenvalue weighted by atomic mass is 10.0. The number of pyridine rings is 1. The van der Waals surface area contributed by atoms with Crippen molar-refractivity contribution in [1.29, 1.82) is 0 Å². The van der Waals surface area contributed by atoms with E-state index in [-0.39, 0.29) is 6.04 Å². The SMILES string of the molecule is CCc1ccc(C(N)c2nc3ccccc3cc2Br)cc1. The molecule has 2 nitrogen and oxygen atoms in total. The Morgan fingerprint density at radius 1 is 1.10 bits per heavy atom. The van der Waals surface area contributed by atoms with Gasteiger partial charge in [0.2, 0.25) is 0 Å². The fourth-order valence-electron chi connectivity index (χ4n) is 2.44. The van der Waals surface area contributed by atoms with E-state index in [1.165, 1.54) is 5.56 Å². The highest BCUT2D eigenvalue weighted by molar-refractivity contribution is 9.10. The van der Waals surface area contributed by atoms with Crippen LogP contribution >= 0.6 is 15.9 Å². The van der Waals surface area contributed by atoms with Crippen molar-refractivity contribution >= 4 is 26.8 Å². The number of fused-ring (bicyclic) bond motifs is 1. The van der Waals surface area contributed by atoms with Crippen molar-refractivity contribution in [3.05, 3.63) is 75.9 Å². The van der Waals surface area contributed by atoms with E-state index in [0.29, 0.717) is 0 Å². The molecule has 0 fully saturated rings. The molecule has 0 aliphatic carbocycles. The van der Waals surface area contributed by atoms with Gasteiger partial charge >= 0.3 is 0 Å². The lowest BCUT2D eigenvalue weighted by Gasteiger charge is -2.15. The van der Waals surface area contributed by atoms with Gasteiger partial charge in [0, 0.05) is 9.86 Å². The third kappa shape index (κ3) is 2.85. The van der Waals surface area contributed by atoms with E-state index in [1.807, 2.05) is 18.2 Å². The van der Waals surface area contributed by atoms with Crippen LogP contribution in [-0.4, -0.2) is 4.98 Å². The van der Waals surface area contributed by atoms with Gasteiger partial charge in [0.15, 0.2) is 0 Å². The summed E-state index contributed by atoms with van der Waals surface area (Å²) < 4.78 is 0.952. The van der Waals surface area contributed by atoms with Gasteiger partial charge in [-0.1, -0.05) is 49.4 Å². The monoisotopic (exact) mass is 340 g/mol. The summed E-state index contributed by atoms with van der Waals surface area (Å²) in [6.07, 6.45) is 1.04. The highest BCUT2D eigenvalue weighted by atomic mass is 79.9. The molecule has 1 aromatic heterocycles. The molecule has 0 aliphatic heterocycles. The number of aryl methyl sites for hydroxylation is 1. The van der Waals surface area contributed by atoms with E-state index < -0.39 is 0 Å². The molecular weight excluding hydrogens is 324 g/mol. The average molecular weight is 341 g/mol. The minimum Gasteiger partial charge on any atom is -0.319 e. The first kappa shape index (κ1) is 14.2. The van der Waals surface area contributed by atoms with Gasteiger partial charge in [-0.05, 0) is 45.6 Å². The van der Waals surface area contributed by atoms with Crippen LogP contribution < -0.4 is 5.73 Å². The number of rotatable bonds is 3. The van der Waals surface area contributed by atoms with Gasteiger partial charge in [-0.15, -0.1) is 0 Å². The Labute approximate surface area is 133 Å². The summed E-state index contributed by atoms with van der Waals surface area (Å²) in [6, 6.07) is 18.4. The topological polar surface area (TPSA) is 38.9 Å². The molecule has 106 valence electrons.